The van der Waals surface area contributed by atoms with Crippen molar-refractivity contribution in [1.29, 1.82) is 0 Å². The van der Waals surface area contributed by atoms with E-state index in [9.17, 15) is 14.3 Å². The highest BCUT2D eigenvalue weighted by atomic mass is 19.1. The molecule has 0 saturated carbocycles. The monoisotopic (exact) mass is 324 g/mol. The Kier molecular flexibility index (Phi) is 6.36. The van der Waals surface area contributed by atoms with Gasteiger partial charge in [-0.2, -0.15) is 0 Å². The largest absolute Gasteiger partial charge is 0.505 e. The predicted octanol–water partition coefficient (Wildman–Crippen LogP) is 1.56. The number of aromatic hydroxyl groups is 1. The van der Waals surface area contributed by atoms with Gasteiger partial charge < -0.3 is 15.5 Å². The lowest BCUT2D eigenvalue weighted by molar-refractivity contribution is -0.122. The van der Waals surface area contributed by atoms with Crippen LogP contribution in [-0.2, 0) is 17.8 Å². The van der Waals surface area contributed by atoms with E-state index in [-0.39, 0.29) is 24.1 Å². The van der Waals surface area contributed by atoms with Crippen LogP contribution in [0.2, 0.25) is 0 Å². The van der Waals surface area contributed by atoms with E-state index >= 15 is 0 Å². The van der Waals surface area contributed by atoms with Gasteiger partial charge in [-0.25, -0.2) is 4.39 Å². The van der Waals surface area contributed by atoms with Gasteiger partial charge in [-0.3, -0.25) is 9.69 Å². The van der Waals surface area contributed by atoms with Gasteiger partial charge in [0, 0.05) is 31.1 Å². The first-order valence-corrected chi connectivity index (χ1v) is 8.17. The number of carbonyl (C=O) groups excluding carboxylic acids is 1. The topological polar surface area (TPSA) is 72.8 Å². The van der Waals surface area contributed by atoms with E-state index < -0.39 is 11.6 Å². The third-order valence-electron chi connectivity index (χ3n) is 4.35. The number of aliphatic hydroxyl groups excluding tert-OH is 1. The zero-order valence-electron chi connectivity index (χ0n) is 13.5. The Hall–Kier alpha value is -1.66. The fourth-order valence-corrected chi connectivity index (χ4v) is 3.16. The Morgan fingerprint density at radius 2 is 2.26 bits per heavy atom. The zero-order valence-corrected chi connectivity index (χ0v) is 13.5. The van der Waals surface area contributed by atoms with Gasteiger partial charge in [0.25, 0.3) is 0 Å². The van der Waals surface area contributed by atoms with Crippen molar-refractivity contribution in [1.82, 2.24) is 10.2 Å². The van der Waals surface area contributed by atoms with Crippen LogP contribution < -0.4 is 5.32 Å². The van der Waals surface area contributed by atoms with Gasteiger partial charge in [0.2, 0.25) is 5.91 Å². The number of likely N-dealkylation sites (tertiary alicyclic amines) is 1. The number of benzene rings is 1. The Balaban J connectivity index is 1.94. The molecule has 1 aromatic carbocycles. The van der Waals surface area contributed by atoms with Crippen LogP contribution in [0, 0.1) is 5.82 Å². The summed E-state index contributed by atoms with van der Waals surface area (Å²) < 4.78 is 13.6. The first-order valence-electron chi connectivity index (χ1n) is 8.17. The van der Waals surface area contributed by atoms with Gasteiger partial charge in [0.1, 0.15) is 0 Å². The SMILES string of the molecule is CCNC(=O)CC1CCCN1CCc1cc(F)c(O)c(CO)c1. The molecule has 0 spiro atoms. The summed E-state index contributed by atoms with van der Waals surface area (Å²) in [5, 5.41) is 21.5. The van der Waals surface area contributed by atoms with Gasteiger partial charge in [-0.15, -0.1) is 0 Å². The molecule has 1 aliphatic heterocycles. The molecule has 3 N–H and O–H groups in total. The summed E-state index contributed by atoms with van der Waals surface area (Å²) in [6, 6.07) is 3.18. The molecule has 1 aliphatic rings. The fraction of sp³-hybridized carbons (Fsp3) is 0.588. The molecule has 0 bridgehead atoms. The second-order valence-electron chi connectivity index (χ2n) is 5.98. The van der Waals surface area contributed by atoms with Gasteiger partial charge >= 0.3 is 0 Å². The van der Waals surface area contributed by atoms with Crippen molar-refractivity contribution in [3.05, 3.63) is 29.1 Å². The average molecular weight is 324 g/mol. The Bertz CT molecular complexity index is 551. The number of halogens is 1. The van der Waals surface area contributed by atoms with Crippen LogP contribution in [0.1, 0.15) is 37.3 Å². The molecule has 0 aromatic heterocycles. The van der Waals surface area contributed by atoms with E-state index in [0.29, 0.717) is 19.4 Å². The molecule has 0 aliphatic carbocycles. The second-order valence-corrected chi connectivity index (χ2v) is 5.98. The first-order chi connectivity index (χ1) is 11.0. The van der Waals surface area contributed by atoms with E-state index in [1.165, 1.54) is 6.07 Å². The summed E-state index contributed by atoms with van der Waals surface area (Å²) in [4.78, 5) is 14.0. The van der Waals surface area contributed by atoms with Crippen molar-refractivity contribution >= 4 is 5.91 Å². The lowest BCUT2D eigenvalue weighted by Gasteiger charge is -2.24. The Morgan fingerprint density at radius 3 is 2.96 bits per heavy atom. The highest BCUT2D eigenvalue weighted by Gasteiger charge is 2.26. The van der Waals surface area contributed by atoms with Crippen molar-refractivity contribution in [2.75, 3.05) is 19.6 Å². The molecular weight excluding hydrogens is 299 g/mol. The predicted molar refractivity (Wildman–Crippen MR) is 85.6 cm³/mol. The van der Waals surface area contributed by atoms with E-state index in [1.807, 2.05) is 6.92 Å². The second kappa shape index (κ2) is 8.26. The van der Waals surface area contributed by atoms with Crippen molar-refractivity contribution < 1.29 is 19.4 Å². The lowest BCUT2D eigenvalue weighted by Crippen LogP contribution is -2.36. The number of nitrogens with zero attached hydrogens (tertiary/aromatic N) is 1. The highest BCUT2D eigenvalue weighted by Crippen LogP contribution is 2.25. The number of hydrogen-bond acceptors (Lipinski definition) is 4. The third kappa shape index (κ3) is 4.65. The molecule has 6 heteroatoms. The van der Waals surface area contributed by atoms with Crippen molar-refractivity contribution in [2.24, 2.45) is 0 Å². The van der Waals surface area contributed by atoms with Crippen molar-refractivity contribution in [3.63, 3.8) is 0 Å². The molecule has 1 amide bonds. The minimum atomic E-state index is -0.702. The molecular formula is C17H25FN2O3. The van der Waals surface area contributed by atoms with Gasteiger partial charge in [0.15, 0.2) is 11.6 Å². The smallest absolute Gasteiger partial charge is 0.221 e. The molecule has 1 atom stereocenters. The Labute approximate surface area is 136 Å². The minimum absolute atomic E-state index is 0.0719. The number of amides is 1. The molecule has 1 heterocycles. The number of carbonyl (C=O) groups is 1. The summed E-state index contributed by atoms with van der Waals surface area (Å²) in [7, 11) is 0. The van der Waals surface area contributed by atoms with Crippen LogP contribution in [0.4, 0.5) is 4.39 Å². The van der Waals surface area contributed by atoms with Crippen LogP contribution in [-0.4, -0.2) is 46.7 Å². The number of nitrogens with one attached hydrogen (secondary N) is 1. The van der Waals surface area contributed by atoms with E-state index in [1.54, 1.807) is 6.07 Å². The summed E-state index contributed by atoms with van der Waals surface area (Å²) in [5.74, 6) is -1.11. The quantitative estimate of drug-likeness (QED) is 0.712. The van der Waals surface area contributed by atoms with Crippen LogP contribution >= 0.6 is 0 Å². The molecule has 23 heavy (non-hydrogen) atoms. The van der Waals surface area contributed by atoms with E-state index in [4.69, 9.17) is 5.11 Å². The standard InChI is InChI=1S/C17H25FN2O3/c1-2-19-16(22)10-14-4-3-6-20(14)7-5-12-8-13(11-21)17(23)15(18)9-12/h8-9,14,21,23H,2-7,10-11H2,1H3,(H,19,22). The maximum atomic E-state index is 13.6. The maximum absolute atomic E-state index is 13.6. The third-order valence-corrected chi connectivity index (χ3v) is 4.35. The zero-order chi connectivity index (χ0) is 16.8. The Morgan fingerprint density at radius 1 is 1.48 bits per heavy atom. The number of rotatable bonds is 7. The summed E-state index contributed by atoms with van der Waals surface area (Å²) in [6.07, 6.45) is 3.19. The molecule has 1 fully saturated rings. The van der Waals surface area contributed by atoms with Crippen LogP contribution in [0.3, 0.4) is 0 Å². The van der Waals surface area contributed by atoms with Crippen LogP contribution in [0.5, 0.6) is 5.75 Å². The van der Waals surface area contributed by atoms with E-state index in [0.717, 1.165) is 31.5 Å². The van der Waals surface area contributed by atoms with Crippen LogP contribution in [0.25, 0.3) is 0 Å². The summed E-state index contributed by atoms with van der Waals surface area (Å²) >= 11 is 0. The van der Waals surface area contributed by atoms with Gasteiger partial charge in [-0.05, 0) is 50.4 Å². The average Bonchev–Trinajstić information content (AvgIpc) is 2.95. The van der Waals surface area contributed by atoms with Gasteiger partial charge in [-0.1, -0.05) is 0 Å². The van der Waals surface area contributed by atoms with Crippen molar-refractivity contribution in [2.45, 2.75) is 45.3 Å². The summed E-state index contributed by atoms with van der Waals surface area (Å²) in [5.41, 5.74) is 0.952. The van der Waals surface area contributed by atoms with Crippen molar-refractivity contribution in [3.8, 4) is 5.75 Å². The molecule has 2 rings (SSSR count). The molecule has 1 saturated heterocycles. The maximum Gasteiger partial charge on any atom is 0.221 e. The number of phenols is 1. The van der Waals surface area contributed by atoms with Crippen LogP contribution in [0.15, 0.2) is 12.1 Å². The highest BCUT2D eigenvalue weighted by molar-refractivity contribution is 5.76. The van der Waals surface area contributed by atoms with E-state index in [2.05, 4.69) is 10.2 Å². The molecule has 1 aromatic rings. The number of hydrogen-bond donors (Lipinski definition) is 3. The molecule has 0 radical (unpaired) electrons. The molecule has 5 nitrogen and oxygen atoms in total. The molecule has 128 valence electrons. The number of aliphatic hydroxyl groups is 1. The molecule has 1 unspecified atom stereocenters. The normalized spacial score (nSPS) is 18.3. The lowest BCUT2D eigenvalue weighted by atomic mass is 10.1. The minimum Gasteiger partial charge on any atom is -0.505 e. The fourth-order valence-electron chi connectivity index (χ4n) is 3.16. The van der Waals surface area contributed by atoms with Gasteiger partial charge in [0.05, 0.1) is 6.61 Å². The first kappa shape index (κ1) is 17.7. The summed E-state index contributed by atoms with van der Waals surface area (Å²) in [6.45, 7) is 3.83.